The van der Waals surface area contributed by atoms with Gasteiger partial charge in [-0.3, -0.25) is 4.79 Å². The Hall–Kier alpha value is -0.910. The van der Waals surface area contributed by atoms with Crippen LogP contribution in [0, 0.1) is 5.41 Å². The van der Waals surface area contributed by atoms with E-state index in [4.69, 9.17) is 5.11 Å². The number of amides is 2. The number of nitrogens with one attached hydrogen (secondary N) is 2. The van der Waals surface area contributed by atoms with Crippen LogP contribution in [0.5, 0.6) is 0 Å². The minimum absolute atomic E-state index is 0.131. The summed E-state index contributed by atoms with van der Waals surface area (Å²) in [6, 6.07) is -0.285. The van der Waals surface area contributed by atoms with Crippen molar-refractivity contribution in [1.82, 2.24) is 10.6 Å². The molecular weight excluding hydrogens is 240 g/mol. The van der Waals surface area contributed by atoms with Gasteiger partial charge in [0.25, 0.3) is 0 Å². The molecular formula is C11H20N2O3S. The van der Waals surface area contributed by atoms with Gasteiger partial charge in [-0.05, 0) is 32.4 Å². The first-order valence-corrected chi connectivity index (χ1v) is 6.83. The first-order chi connectivity index (χ1) is 7.92. The molecule has 1 aliphatic rings. The molecule has 3 N–H and O–H groups in total. The molecule has 0 spiro atoms. The zero-order valence-corrected chi connectivity index (χ0v) is 11.1. The second-order valence-electron chi connectivity index (χ2n) is 4.89. The summed E-state index contributed by atoms with van der Waals surface area (Å²) in [7, 11) is 0. The number of urea groups is 1. The van der Waals surface area contributed by atoms with Gasteiger partial charge in [-0.25, -0.2) is 4.79 Å². The van der Waals surface area contributed by atoms with Crippen LogP contribution >= 0.6 is 11.8 Å². The second kappa shape index (κ2) is 6.14. The molecule has 1 aliphatic heterocycles. The van der Waals surface area contributed by atoms with Crippen molar-refractivity contribution in [2.75, 3.05) is 18.8 Å². The van der Waals surface area contributed by atoms with Gasteiger partial charge in [0.05, 0.1) is 5.41 Å². The monoisotopic (exact) mass is 260 g/mol. The highest BCUT2D eigenvalue weighted by atomic mass is 32.2. The van der Waals surface area contributed by atoms with Crippen LogP contribution < -0.4 is 10.6 Å². The lowest BCUT2D eigenvalue weighted by atomic mass is 9.94. The van der Waals surface area contributed by atoms with E-state index in [0.717, 1.165) is 6.42 Å². The van der Waals surface area contributed by atoms with Crippen molar-refractivity contribution in [1.29, 1.82) is 0 Å². The predicted molar refractivity (Wildman–Crippen MR) is 68.3 cm³/mol. The second-order valence-corrected chi connectivity index (χ2v) is 6.30. The van der Waals surface area contributed by atoms with Crippen LogP contribution in [0.3, 0.4) is 0 Å². The normalized spacial score (nSPS) is 20.0. The van der Waals surface area contributed by atoms with Gasteiger partial charge in [0.15, 0.2) is 0 Å². The summed E-state index contributed by atoms with van der Waals surface area (Å²) < 4.78 is 0. The maximum absolute atomic E-state index is 11.4. The molecule has 0 aromatic rings. The molecule has 98 valence electrons. The third kappa shape index (κ3) is 4.85. The van der Waals surface area contributed by atoms with E-state index in [1.54, 1.807) is 13.8 Å². The van der Waals surface area contributed by atoms with Crippen molar-refractivity contribution < 1.29 is 14.7 Å². The molecule has 0 radical (unpaired) electrons. The van der Waals surface area contributed by atoms with Gasteiger partial charge < -0.3 is 15.7 Å². The molecule has 0 saturated carbocycles. The zero-order chi connectivity index (χ0) is 12.9. The van der Waals surface area contributed by atoms with Crippen LogP contribution in [-0.4, -0.2) is 41.2 Å². The van der Waals surface area contributed by atoms with E-state index >= 15 is 0 Å². The van der Waals surface area contributed by atoms with Crippen molar-refractivity contribution in [2.45, 2.75) is 31.9 Å². The highest BCUT2D eigenvalue weighted by Crippen LogP contribution is 2.25. The van der Waals surface area contributed by atoms with E-state index in [2.05, 4.69) is 10.6 Å². The lowest BCUT2D eigenvalue weighted by Gasteiger charge is -2.20. The Bertz CT molecular complexity index is 288. The van der Waals surface area contributed by atoms with E-state index in [-0.39, 0.29) is 12.6 Å². The zero-order valence-electron chi connectivity index (χ0n) is 10.3. The van der Waals surface area contributed by atoms with E-state index < -0.39 is 11.4 Å². The van der Waals surface area contributed by atoms with Crippen molar-refractivity contribution in [3.63, 3.8) is 0 Å². The Morgan fingerprint density at radius 3 is 2.65 bits per heavy atom. The van der Waals surface area contributed by atoms with Gasteiger partial charge >= 0.3 is 12.0 Å². The number of carboxylic acid groups (broad SMARTS) is 1. The Morgan fingerprint density at radius 2 is 2.12 bits per heavy atom. The summed E-state index contributed by atoms with van der Waals surface area (Å²) in [4.78, 5) is 22.3. The SMILES string of the molecule is CC(C)(CNC(=O)NCC1CCCS1)C(=O)O. The first-order valence-electron chi connectivity index (χ1n) is 5.78. The van der Waals surface area contributed by atoms with E-state index in [9.17, 15) is 9.59 Å². The fraction of sp³-hybridized carbons (Fsp3) is 0.818. The maximum atomic E-state index is 11.4. The lowest BCUT2D eigenvalue weighted by Crippen LogP contribution is -2.44. The summed E-state index contributed by atoms with van der Waals surface area (Å²) in [5.74, 6) is 0.254. The molecule has 1 heterocycles. The molecule has 17 heavy (non-hydrogen) atoms. The predicted octanol–water partition coefficient (Wildman–Crippen LogP) is 1.29. The number of carbonyl (C=O) groups is 2. The molecule has 0 aromatic heterocycles. The summed E-state index contributed by atoms with van der Waals surface area (Å²) in [6.07, 6.45) is 2.36. The molecule has 1 fully saturated rings. The van der Waals surface area contributed by atoms with Gasteiger partial charge in [-0.1, -0.05) is 0 Å². The first kappa shape index (κ1) is 14.2. The standard InChI is InChI=1S/C11H20N2O3S/c1-11(2,9(14)15)7-13-10(16)12-6-8-4-3-5-17-8/h8H,3-7H2,1-2H3,(H,14,15)(H2,12,13,16). The number of carboxylic acids is 1. The van der Waals surface area contributed by atoms with Gasteiger partial charge in [0.1, 0.15) is 0 Å². The van der Waals surface area contributed by atoms with E-state index in [1.165, 1.54) is 12.2 Å². The molecule has 6 heteroatoms. The average Bonchev–Trinajstić information content (AvgIpc) is 2.76. The number of hydrogen-bond donors (Lipinski definition) is 3. The maximum Gasteiger partial charge on any atom is 0.314 e. The summed E-state index contributed by atoms with van der Waals surface area (Å²) in [5.41, 5.74) is -0.931. The average molecular weight is 260 g/mol. The molecule has 0 bridgehead atoms. The lowest BCUT2D eigenvalue weighted by molar-refractivity contribution is -0.146. The van der Waals surface area contributed by atoms with Crippen LogP contribution in [0.2, 0.25) is 0 Å². The molecule has 2 amide bonds. The van der Waals surface area contributed by atoms with Crippen LogP contribution in [0.15, 0.2) is 0 Å². The summed E-state index contributed by atoms with van der Waals surface area (Å²) in [6.45, 7) is 3.96. The fourth-order valence-electron chi connectivity index (χ4n) is 1.45. The van der Waals surface area contributed by atoms with Crippen LogP contribution in [0.25, 0.3) is 0 Å². The molecule has 1 atom stereocenters. The van der Waals surface area contributed by atoms with Crippen LogP contribution in [-0.2, 0) is 4.79 Å². The van der Waals surface area contributed by atoms with Gasteiger partial charge in [0.2, 0.25) is 0 Å². The van der Waals surface area contributed by atoms with Crippen molar-refractivity contribution in [3.05, 3.63) is 0 Å². The van der Waals surface area contributed by atoms with Crippen molar-refractivity contribution >= 4 is 23.8 Å². The molecule has 0 aromatic carbocycles. The number of aliphatic carboxylic acids is 1. The molecule has 0 aliphatic carbocycles. The number of carbonyl (C=O) groups excluding carboxylic acids is 1. The smallest absolute Gasteiger partial charge is 0.314 e. The molecule has 5 nitrogen and oxygen atoms in total. The van der Waals surface area contributed by atoms with Crippen molar-refractivity contribution in [3.8, 4) is 0 Å². The number of rotatable bonds is 5. The highest BCUT2D eigenvalue weighted by Gasteiger charge is 2.27. The Balaban J connectivity index is 2.18. The van der Waals surface area contributed by atoms with E-state index in [0.29, 0.717) is 11.8 Å². The summed E-state index contributed by atoms with van der Waals surface area (Å²) >= 11 is 1.88. The Kier molecular flexibility index (Phi) is 5.11. The van der Waals surface area contributed by atoms with Crippen LogP contribution in [0.1, 0.15) is 26.7 Å². The fourth-order valence-corrected chi connectivity index (χ4v) is 2.65. The molecule has 1 unspecified atom stereocenters. The number of hydrogen-bond acceptors (Lipinski definition) is 3. The van der Waals surface area contributed by atoms with Crippen LogP contribution in [0.4, 0.5) is 4.79 Å². The van der Waals surface area contributed by atoms with Gasteiger partial charge in [0, 0.05) is 18.3 Å². The summed E-state index contributed by atoms with van der Waals surface area (Å²) in [5, 5.41) is 14.7. The minimum atomic E-state index is -0.931. The molecule has 1 saturated heterocycles. The number of thioether (sulfide) groups is 1. The van der Waals surface area contributed by atoms with Gasteiger partial charge in [-0.15, -0.1) is 0 Å². The van der Waals surface area contributed by atoms with Gasteiger partial charge in [-0.2, -0.15) is 11.8 Å². The minimum Gasteiger partial charge on any atom is -0.481 e. The quantitative estimate of drug-likeness (QED) is 0.696. The van der Waals surface area contributed by atoms with E-state index in [1.807, 2.05) is 11.8 Å². The molecule has 1 rings (SSSR count). The third-order valence-corrected chi connectivity index (χ3v) is 4.18. The third-order valence-electron chi connectivity index (χ3n) is 2.78. The van der Waals surface area contributed by atoms with Crippen molar-refractivity contribution in [2.24, 2.45) is 5.41 Å². The highest BCUT2D eigenvalue weighted by molar-refractivity contribution is 8.00. The topological polar surface area (TPSA) is 78.4 Å². The Labute approximate surface area is 106 Å². The largest absolute Gasteiger partial charge is 0.481 e. The Morgan fingerprint density at radius 1 is 1.41 bits per heavy atom.